The Bertz CT molecular complexity index is 314. The second-order valence-electron chi connectivity index (χ2n) is 6.27. The van der Waals surface area contributed by atoms with E-state index >= 15 is 0 Å². The molecule has 0 aromatic carbocycles. The van der Waals surface area contributed by atoms with Crippen LogP contribution >= 0.6 is 0 Å². The van der Waals surface area contributed by atoms with Crippen LogP contribution in [0, 0.1) is 5.41 Å². The molecule has 22 heavy (non-hydrogen) atoms. The lowest BCUT2D eigenvalue weighted by atomic mass is 9.77. The third-order valence-electron chi connectivity index (χ3n) is 4.54. The van der Waals surface area contributed by atoms with Gasteiger partial charge in [-0.3, -0.25) is 9.59 Å². The van der Waals surface area contributed by atoms with E-state index in [4.69, 9.17) is 9.84 Å². The Morgan fingerprint density at radius 1 is 0.909 bits per heavy atom. The zero-order valence-corrected chi connectivity index (χ0v) is 14.7. The molecule has 4 nitrogen and oxygen atoms in total. The van der Waals surface area contributed by atoms with Crippen LogP contribution in [0.4, 0.5) is 0 Å². The van der Waals surface area contributed by atoms with Gasteiger partial charge in [-0.25, -0.2) is 0 Å². The number of hydrogen-bond donors (Lipinski definition) is 1. The normalized spacial score (nSPS) is 13.6. The summed E-state index contributed by atoms with van der Waals surface area (Å²) in [5, 5.41) is 9.06. The molecule has 130 valence electrons. The van der Waals surface area contributed by atoms with Gasteiger partial charge in [-0.05, 0) is 12.8 Å². The summed E-state index contributed by atoms with van der Waals surface area (Å²) < 4.78 is 4.84. The number of carbonyl (C=O) groups is 2. The summed E-state index contributed by atoms with van der Waals surface area (Å²) in [5.41, 5.74) is -0.846. The predicted molar refractivity (Wildman–Crippen MR) is 88.8 cm³/mol. The first kappa shape index (κ1) is 20.9. The van der Waals surface area contributed by atoms with Gasteiger partial charge < -0.3 is 9.84 Å². The number of hydrogen-bond acceptors (Lipinski definition) is 3. The largest absolute Gasteiger partial charge is 0.481 e. The van der Waals surface area contributed by atoms with E-state index in [1.54, 1.807) is 0 Å². The maximum atomic E-state index is 12.0. The molecule has 0 heterocycles. The molecule has 0 amide bonds. The Hall–Kier alpha value is -1.06. The van der Waals surface area contributed by atoms with Crippen LogP contribution in [0.1, 0.15) is 90.9 Å². The van der Waals surface area contributed by atoms with Crippen molar-refractivity contribution in [2.24, 2.45) is 5.41 Å². The van der Waals surface area contributed by atoms with Crippen LogP contribution in [0.15, 0.2) is 0 Å². The average Bonchev–Trinajstić information content (AvgIpc) is 2.50. The SMILES string of the molecule is CCCCCCCCCCCC(CC)(CC(=O)O)C(=O)OC. The van der Waals surface area contributed by atoms with Crippen molar-refractivity contribution in [2.45, 2.75) is 90.9 Å². The maximum Gasteiger partial charge on any atom is 0.312 e. The summed E-state index contributed by atoms with van der Waals surface area (Å²) in [6.07, 6.45) is 11.9. The van der Waals surface area contributed by atoms with Gasteiger partial charge in [0.25, 0.3) is 0 Å². The van der Waals surface area contributed by atoms with Crippen molar-refractivity contribution in [3.8, 4) is 0 Å². The molecule has 0 saturated carbocycles. The van der Waals surface area contributed by atoms with Crippen molar-refractivity contribution in [1.82, 2.24) is 0 Å². The molecule has 0 aromatic rings. The highest BCUT2D eigenvalue weighted by molar-refractivity contribution is 5.82. The molecule has 0 saturated heterocycles. The first-order chi connectivity index (χ1) is 10.5. The first-order valence-electron chi connectivity index (χ1n) is 8.82. The molecule has 0 rings (SSSR count). The number of rotatable bonds is 14. The monoisotopic (exact) mass is 314 g/mol. The van der Waals surface area contributed by atoms with Gasteiger partial charge in [0.1, 0.15) is 0 Å². The molecule has 1 N–H and O–H groups in total. The molecule has 0 aliphatic rings. The van der Waals surface area contributed by atoms with E-state index in [-0.39, 0.29) is 12.4 Å². The molecule has 0 bridgehead atoms. The van der Waals surface area contributed by atoms with Gasteiger partial charge in [-0.15, -0.1) is 0 Å². The van der Waals surface area contributed by atoms with Crippen LogP contribution < -0.4 is 0 Å². The van der Waals surface area contributed by atoms with Crippen molar-refractivity contribution >= 4 is 11.9 Å². The number of esters is 1. The third kappa shape index (κ3) is 8.40. The molecule has 0 spiro atoms. The smallest absolute Gasteiger partial charge is 0.312 e. The molecular formula is C18H34O4. The lowest BCUT2D eigenvalue weighted by Crippen LogP contribution is -2.34. The van der Waals surface area contributed by atoms with Crippen LogP contribution in [0.3, 0.4) is 0 Å². The summed E-state index contributed by atoms with van der Waals surface area (Å²) >= 11 is 0. The van der Waals surface area contributed by atoms with E-state index in [1.807, 2.05) is 6.92 Å². The fourth-order valence-electron chi connectivity index (χ4n) is 2.99. The van der Waals surface area contributed by atoms with E-state index in [9.17, 15) is 9.59 Å². The number of unbranched alkanes of at least 4 members (excludes halogenated alkanes) is 8. The van der Waals surface area contributed by atoms with Gasteiger partial charge in [-0.2, -0.15) is 0 Å². The zero-order valence-electron chi connectivity index (χ0n) is 14.7. The number of methoxy groups -OCH3 is 1. The van der Waals surface area contributed by atoms with Gasteiger partial charge >= 0.3 is 11.9 Å². The molecular weight excluding hydrogens is 280 g/mol. The van der Waals surface area contributed by atoms with E-state index in [0.717, 1.165) is 12.8 Å². The average molecular weight is 314 g/mol. The summed E-state index contributed by atoms with van der Waals surface area (Å²) in [4.78, 5) is 23.0. The van der Waals surface area contributed by atoms with E-state index < -0.39 is 11.4 Å². The van der Waals surface area contributed by atoms with Crippen molar-refractivity contribution in [2.75, 3.05) is 7.11 Å². The Kier molecular flexibility index (Phi) is 11.9. The molecule has 0 aliphatic carbocycles. The number of aliphatic carboxylic acids is 1. The van der Waals surface area contributed by atoms with Crippen LogP contribution in [0.5, 0.6) is 0 Å². The maximum absolute atomic E-state index is 12.0. The first-order valence-corrected chi connectivity index (χ1v) is 8.82. The second-order valence-corrected chi connectivity index (χ2v) is 6.27. The van der Waals surface area contributed by atoms with Crippen LogP contribution in [-0.4, -0.2) is 24.2 Å². The Labute approximate surface area is 135 Å². The zero-order chi connectivity index (χ0) is 16.8. The lowest BCUT2D eigenvalue weighted by Gasteiger charge is -2.28. The van der Waals surface area contributed by atoms with Crippen LogP contribution in [0.25, 0.3) is 0 Å². The number of carboxylic acid groups (broad SMARTS) is 1. The highest BCUT2D eigenvalue weighted by Crippen LogP contribution is 2.34. The lowest BCUT2D eigenvalue weighted by molar-refractivity contribution is -0.159. The van der Waals surface area contributed by atoms with Crippen molar-refractivity contribution in [3.63, 3.8) is 0 Å². The highest BCUT2D eigenvalue weighted by atomic mass is 16.5. The second kappa shape index (κ2) is 12.5. The summed E-state index contributed by atoms with van der Waals surface area (Å²) in [7, 11) is 1.34. The topological polar surface area (TPSA) is 63.6 Å². The summed E-state index contributed by atoms with van der Waals surface area (Å²) in [5.74, 6) is -1.31. The van der Waals surface area contributed by atoms with Gasteiger partial charge in [0.15, 0.2) is 0 Å². The fourth-order valence-corrected chi connectivity index (χ4v) is 2.99. The number of carbonyl (C=O) groups excluding carboxylic acids is 1. The van der Waals surface area contributed by atoms with Crippen LogP contribution in [-0.2, 0) is 14.3 Å². The number of carboxylic acids is 1. The molecule has 0 aromatic heterocycles. The van der Waals surface area contributed by atoms with Gasteiger partial charge in [0.05, 0.1) is 18.9 Å². The predicted octanol–water partition coefficient (Wildman–Crippen LogP) is 4.95. The fraction of sp³-hybridized carbons (Fsp3) is 0.889. The van der Waals surface area contributed by atoms with E-state index in [0.29, 0.717) is 12.8 Å². The molecule has 0 fully saturated rings. The van der Waals surface area contributed by atoms with Crippen LogP contribution in [0.2, 0.25) is 0 Å². The minimum Gasteiger partial charge on any atom is -0.481 e. The molecule has 1 atom stereocenters. The quantitative estimate of drug-likeness (QED) is 0.364. The Balaban J connectivity index is 4.03. The van der Waals surface area contributed by atoms with Gasteiger partial charge in [0.2, 0.25) is 0 Å². The van der Waals surface area contributed by atoms with Gasteiger partial charge in [0, 0.05) is 0 Å². The van der Waals surface area contributed by atoms with Crippen molar-refractivity contribution < 1.29 is 19.4 Å². The minimum atomic E-state index is -0.928. The summed E-state index contributed by atoms with van der Waals surface area (Å²) in [6, 6.07) is 0. The third-order valence-corrected chi connectivity index (χ3v) is 4.54. The van der Waals surface area contributed by atoms with Gasteiger partial charge in [-0.1, -0.05) is 71.6 Å². The molecule has 1 unspecified atom stereocenters. The minimum absolute atomic E-state index is 0.132. The molecule has 4 heteroatoms. The van der Waals surface area contributed by atoms with Crippen molar-refractivity contribution in [3.05, 3.63) is 0 Å². The summed E-state index contributed by atoms with van der Waals surface area (Å²) in [6.45, 7) is 4.09. The Morgan fingerprint density at radius 2 is 1.41 bits per heavy atom. The van der Waals surface area contributed by atoms with Crippen molar-refractivity contribution in [1.29, 1.82) is 0 Å². The molecule has 0 radical (unpaired) electrons. The Morgan fingerprint density at radius 3 is 1.82 bits per heavy atom. The standard InChI is InChI=1S/C18H34O4/c1-4-6-7-8-9-10-11-12-13-14-18(5-2,15-16(19)20)17(21)22-3/h4-15H2,1-3H3,(H,19,20). The highest BCUT2D eigenvalue weighted by Gasteiger charge is 2.39. The van der Waals surface area contributed by atoms with E-state index in [2.05, 4.69) is 6.92 Å². The number of ether oxygens (including phenoxy) is 1. The van der Waals surface area contributed by atoms with E-state index in [1.165, 1.54) is 52.1 Å². The molecule has 0 aliphatic heterocycles.